The molecule has 7 heteroatoms. The first-order chi connectivity index (χ1) is 9.63. The molecule has 3 aromatic rings. The Labute approximate surface area is 118 Å². The van der Waals surface area contributed by atoms with Crippen LogP contribution >= 0.6 is 11.3 Å². The van der Waals surface area contributed by atoms with Crippen molar-refractivity contribution in [3.63, 3.8) is 0 Å². The van der Waals surface area contributed by atoms with Gasteiger partial charge in [-0.15, -0.1) is 11.3 Å². The van der Waals surface area contributed by atoms with E-state index in [1.165, 1.54) is 5.56 Å². The Morgan fingerprint density at radius 2 is 2.25 bits per heavy atom. The molecule has 6 nitrogen and oxygen atoms in total. The van der Waals surface area contributed by atoms with Gasteiger partial charge in [-0.1, -0.05) is 5.16 Å². The number of aromatic amines is 1. The highest BCUT2D eigenvalue weighted by atomic mass is 32.1. The van der Waals surface area contributed by atoms with E-state index < -0.39 is 0 Å². The van der Waals surface area contributed by atoms with Gasteiger partial charge in [0.15, 0.2) is 5.82 Å². The average molecular weight is 288 g/mol. The molecule has 0 bridgehead atoms. The molecule has 1 amide bonds. The average Bonchev–Trinajstić information content (AvgIpc) is 3.10. The number of anilines is 1. The van der Waals surface area contributed by atoms with Gasteiger partial charge < -0.3 is 9.84 Å². The molecule has 0 saturated carbocycles. The van der Waals surface area contributed by atoms with Gasteiger partial charge in [0, 0.05) is 12.1 Å². The molecule has 0 radical (unpaired) electrons. The quantitative estimate of drug-likeness (QED) is 0.776. The van der Waals surface area contributed by atoms with E-state index >= 15 is 0 Å². The van der Waals surface area contributed by atoms with Crippen molar-refractivity contribution in [1.82, 2.24) is 15.4 Å². The number of nitrogens with zero attached hydrogens (tertiary/aromatic N) is 2. The fraction of sp³-hybridized carbons (Fsp3) is 0.154. The van der Waals surface area contributed by atoms with E-state index in [1.807, 2.05) is 18.4 Å². The van der Waals surface area contributed by atoms with Gasteiger partial charge in [-0.3, -0.25) is 9.89 Å². The lowest BCUT2D eigenvalue weighted by molar-refractivity contribution is 0.0987. The predicted molar refractivity (Wildman–Crippen MR) is 75.8 cm³/mol. The Kier molecular flexibility index (Phi) is 3.11. The zero-order valence-corrected chi connectivity index (χ0v) is 11.7. The van der Waals surface area contributed by atoms with Crippen LogP contribution in [0.5, 0.6) is 0 Å². The fourth-order valence-electron chi connectivity index (χ4n) is 1.80. The summed E-state index contributed by atoms with van der Waals surface area (Å²) in [6.45, 7) is 3.79. The summed E-state index contributed by atoms with van der Waals surface area (Å²) < 4.78 is 4.90. The van der Waals surface area contributed by atoms with Crippen molar-refractivity contribution in [3.05, 3.63) is 40.6 Å². The topological polar surface area (TPSA) is 83.8 Å². The molecule has 0 saturated heterocycles. The van der Waals surface area contributed by atoms with Crippen molar-refractivity contribution in [2.24, 2.45) is 0 Å². The number of hydrogen-bond acceptors (Lipinski definition) is 5. The molecule has 2 N–H and O–H groups in total. The molecule has 0 aliphatic carbocycles. The number of thiophene rings is 1. The van der Waals surface area contributed by atoms with Crippen LogP contribution in [0.15, 0.2) is 28.1 Å². The molecule has 0 atom stereocenters. The van der Waals surface area contributed by atoms with Crippen molar-refractivity contribution in [2.45, 2.75) is 13.8 Å². The minimum atomic E-state index is -0.369. The fourth-order valence-corrected chi connectivity index (χ4v) is 2.69. The van der Waals surface area contributed by atoms with Gasteiger partial charge in [-0.2, -0.15) is 5.10 Å². The maximum atomic E-state index is 11.9. The summed E-state index contributed by atoms with van der Waals surface area (Å²) in [6, 6.07) is 5.41. The monoisotopic (exact) mass is 288 g/mol. The summed E-state index contributed by atoms with van der Waals surface area (Å²) in [4.78, 5) is 13.0. The molecule has 0 spiro atoms. The zero-order valence-electron chi connectivity index (χ0n) is 10.9. The van der Waals surface area contributed by atoms with Gasteiger partial charge in [-0.25, -0.2) is 0 Å². The first-order valence-electron chi connectivity index (χ1n) is 5.98. The predicted octanol–water partition coefficient (Wildman–Crippen LogP) is 3.00. The second kappa shape index (κ2) is 4.93. The molecular formula is C13H12N4O2S. The van der Waals surface area contributed by atoms with Gasteiger partial charge >= 0.3 is 0 Å². The van der Waals surface area contributed by atoms with Crippen LogP contribution in [-0.4, -0.2) is 21.3 Å². The third-order valence-corrected chi connectivity index (χ3v) is 3.83. The molecule has 0 aliphatic rings. The third-order valence-electron chi connectivity index (χ3n) is 2.78. The van der Waals surface area contributed by atoms with Crippen LogP contribution in [0.2, 0.25) is 0 Å². The Balaban J connectivity index is 1.78. The number of amides is 1. The summed E-state index contributed by atoms with van der Waals surface area (Å²) in [5.74, 6) is 0.248. The second-order valence-electron chi connectivity index (χ2n) is 4.39. The number of carbonyl (C=O) groups is 1. The lowest BCUT2D eigenvalue weighted by Crippen LogP contribution is -2.11. The van der Waals surface area contributed by atoms with Gasteiger partial charge in [0.25, 0.3) is 5.91 Å². The summed E-state index contributed by atoms with van der Waals surface area (Å²) in [5.41, 5.74) is 2.70. The van der Waals surface area contributed by atoms with E-state index in [2.05, 4.69) is 20.7 Å². The third kappa shape index (κ3) is 2.35. The smallest absolute Gasteiger partial charge is 0.295 e. The number of H-pyrrole nitrogens is 1. The van der Waals surface area contributed by atoms with E-state index in [4.69, 9.17) is 4.52 Å². The molecular weight excluding hydrogens is 276 g/mol. The van der Waals surface area contributed by atoms with Crippen LogP contribution in [0.3, 0.4) is 0 Å². The van der Waals surface area contributed by atoms with Crippen LogP contribution in [0.4, 0.5) is 5.82 Å². The maximum Gasteiger partial charge on any atom is 0.295 e. The lowest BCUT2D eigenvalue weighted by atomic mass is 10.2. The molecule has 0 aromatic carbocycles. The maximum absolute atomic E-state index is 11.9. The Bertz CT molecular complexity index is 756. The van der Waals surface area contributed by atoms with E-state index in [9.17, 15) is 4.79 Å². The van der Waals surface area contributed by atoms with Crippen LogP contribution < -0.4 is 5.32 Å². The normalized spacial score (nSPS) is 10.7. The number of hydrogen-bond donors (Lipinski definition) is 2. The van der Waals surface area contributed by atoms with Gasteiger partial charge in [0.05, 0.1) is 16.3 Å². The summed E-state index contributed by atoms with van der Waals surface area (Å²) >= 11 is 1.62. The van der Waals surface area contributed by atoms with Crippen molar-refractivity contribution >= 4 is 23.1 Å². The van der Waals surface area contributed by atoms with E-state index in [0.29, 0.717) is 11.5 Å². The van der Waals surface area contributed by atoms with Crippen LogP contribution in [0, 0.1) is 13.8 Å². The van der Waals surface area contributed by atoms with Gasteiger partial charge in [-0.05, 0) is 30.9 Å². The minimum Gasteiger partial charge on any atom is -0.351 e. The molecule has 0 aliphatic heterocycles. The molecule has 3 heterocycles. The highest BCUT2D eigenvalue weighted by Gasteiger charge is 2.14. The first-order valence-corrected chi connectivity index (χ1v) is 6.86. The number of nitrogens with one attached hydrogen (secondary N) is 2. The molecule has 102 valence electrons. The molecule has 20 heavy (non-hydrogen) atoms. The first kappa shape index (κ1) is 12.6. The number of aryl methyl sites for hydroxylation is 2. The lowest BCUT2D eigenvalue weighted by Gasteiger charge is -1.96. The van der Waals surface area contributed by atoms with Crippen molar-refractivity contribution < 1.29 is 9.32 Å². The molecule has 0 fully saturated rings. The minimum absolute atomic E-state index is 0.166. The number of rotatable bonds is 3. The van der Waals surface area contributed by atoms with Crippen LogP contribution in [0.1, 0.15) is 21.8 Å². The number of carbonyl (C=O) groups excluding carboxylic acids is 1. The Morgan fingerprint density at radius 1 is 1.40 bits per heavy atom. The highest BCUT2D eigenvalue weighted by Crippen LogP contribution is 2.28. The number of aromatic nitrogens is 3. The standard InChI is InChI=1S/C13H12N4O2S/c1-7-3-4-20-12(7)9-6-11(16-15-9)14-13(18)10-5-8(2)17-19-10/h3-6H,1-2H3,(H2,14,15,16,18). The Morgan fingerprint density at radius 3 is 2.90 bits per heavy atom. The highest BCUT2D eigenvalue weighted by molar-refractivity contribution is 7.13. The van der Waals surface area contributed by atoms with Crippen LogP contribution in [0.25, 0.3) is 10.6 Å². The largest absolute Gasteiger partial charge is 0.351 e. The Hall–Kier alpha value is -2.41. The SMILES string of the molecule is Cc1cc(C(=O)Nc2cc(-c3sccc3C)[nH]n2)on1. The molecule has 0 unspecified atom stereocenters. The van der Waals surface area contributed by atoms with E-state index in [1.54, 1.807) is 30.4 Å². The second-order valence-corrected chi connectivity index (χ2v) is 5.30. The van der Waals surface area contributed by atoms with E-state index in [0.717, 1.165) is 10.6 Å². The van der Waals surface area contributed by atoms with E-state index in [-0.39, 0.29) is 11.7 Å². The summed E-state index contributed by atoms with van der Waals surface area (Å²) in [7, 11) is 0. The van der Waals surface area contributed by atoms with Crippen molar-refractivity contribution in [3.8, 4) is 10.6 Å². The molecule has 3 aromatic heterocycles. The zero-order chi connectivity index (χ0) is 14.1. The van der Waals surface area contributed by atoms with Crippen molar-refractivity contribution in [1.29, 1.82) is 0 Å². The molecule has 3 rings (SSSR count). The van der Waals surface area contributed by atoms with Crippen molar-refractivity contribution in [2.75, 3.05) is 5.32 Å². The van der Waals surface area contributed by atoms with Gasteiger partial charge in [0.2, 0.25) is 5.76 Å². The summed E-state index contributed by atoms with van der Waals surface area (Å²) in [6.07, 6.45) is 0. The summed E-state index contributed by atoms with van der Waals surface area (Å²) in [5, 5.41) is 15.3. The van der Waals surface area contributed by atoms with Crippen LogP contribution in [-0.2, 0) is 0 Å². The van der Waals surface area contributed by atoms with Gasteiger partial charge in [0.1, 0.15) is 0 Å².